The fraction of sp³-hybridized carbons (Fsp3) is 0.688. The van der Waals surface area contributed by atoms with Crippen LogP contribution in [0.3, 0.4) is 0 Å². The highest BCUT2D eigenvalue weighted by Crippen LogP contribution is 2.51. The van der Waals surface area contributed by atoms with Crippen LogP contribution in [0.5, 0.6) is 0 Å². The minimum Gasteiger partial charge on any atom is -0.318 e. The summed E-state index contributed by atoms with van der Waals surface area (Å²) < 4.78 is 0. The van der Waals surface area contributed by atoms with Gasteiger partial charge in [-0.05, 0) is 53.5 Å². The lowest BCUT2D eigenvalue weighted by Gasteiger charge is -2.38. The zero-order valence-electron chi connectivity index (χ0n) is 12.2. The normalized spacial score (nSPS) is 34.1. The van der Waals surface area contributed by atoms with Gasteiger partial charge in [0.1, 0.15) is 11.7 Å². The van der Waals surface area contributed by atoms with E-state index in [4.69, 9.17) is 0 Å². The molecular formula is C16H22N2OS. The van der Waals surface area contributed by atoms with E-state index >= 15 is 0 Å². The number of carbonyl (C=O) groups excluding carboxylic acids is 1. The molecule has 3 aliphatic rings. The molecule has 2 heterocycles. The zero-order chi connectivity index (χ0) is 14.0. The Morgan fingerprint density at radius 1 is 1.35 bits per heavy atom. The smallest absolute Gasteiger partial charge is 0.244 e. The Morgan fingerprint density at radius 3 is 2.70 bits per heavy atom. The average molecular weight is 290 g/mol. The van der Waals surface area contributed by atoms with E-state index in [9.17, 15) is 4.79 Å². The molecule has 1 N–H and O–H groups in total. The third kappa shape index (κ3) is 1.70. The van der Waals surface area contributed by atoms with Crippen LogP contribution in [0, 0.1) is 5.41 Å². The van der Waals surface area contributed by atoms with E-state index in [1.807, 2.05) is 0 Å². The van der Waals surface area contributed by atoms with E-state index < -0.39 is 0 Å². The highest BCUT2D eigenvalue weighted by atomic mass is 32.1. The second-order valence-electron chi connectivity index (χ2n) is 7.29. The van der Waals surface area contributed by atoms with Gasteiger partial charge in [0.15, 0.2) is 0 Å². The lowest BCUT2D eigenvalue weighted by Crippen LogP contribution is -2.45. The quantitative estimate of drug-likeness (QED) is 0.906. The van der Waals surface area contributed by atoms with E-state index in [2.05, 4.69) is 40.9 Å². The molecule has 0 bridgehead atoms. The minimum atomic E-state index is -0.217. The molecular weight excluding hydrogens is 268 g/mol. The first kappa shape index (κ1) is 12.8. The average Bonchev–Trinajstić information content (AvgIpc) is 2.73. The summed E-state index contributed by atoms with van der Waals surface area (Å²) in [6.45, 7) is 4.64. The van der Waals surface area contributed by atoms with Crippen molar-refractivity contribution in [2.24, 2.45) is 5.41 Å². The lowest BCUT2D eigenvalue weighted by atomic mass is 9.86. The maximum absolute atomic E-state index is 12.9. The first-order valence-corrected chi connectivity index (χ1v) is 8.60. The van der Waals surface area contributed by atoms with Crippen LogP contribution in [0.2, 0.25) is 0 Å². The molecule has 4 heteroatoms. The number of nitrogens with zero attached hydrogens (tertiary/aromatic N) is 1. The van der Waals surface area contributed by atoms with Gasteiger partial charge in [0.25, 0.3) is 0 Å². The molecule has 2 unspecified atom stereocenters. The van der Waals surface area contributed by atoms with E-state index in [0.717, 1.165) is 19.3 Å². The van der Waals surface area contributed by atoms with Crippen molar-refractivity contribution in [1.29, 1.82) is 0 Å². The van der Waals surface area contributed by atoms with Crippen molar-refractivity contribution in [3.8, 4) is 0 Å². The minimum absolute atomic E-state index is 0.0959. The predicted molar refractivity (Wildman–Crippen MR) is 80.4 cm³/mol. The molecule has 1 amide bonds. The summed E-state index contributed by atoms with van der Waals surface area (Å²) in [5.74, 6) is 0.355. The van der Waals surface area contributed by atoms with Crippen molar-refractivity contribution in [2.75, 3.05) is 0 Å². The van der Waals surface area contributed by atoms with Gasteiger partial charge < -0.3 is 4.90 Å². The van der Waals surface area contributed by atoms with Crippen molar-refractivity contribution in [2.45, 2.75) is 63.7 Å². The Bertz CT molecular complexity index is 533. The number of hydrogen-bond donors (Lipinski definition) is 1. The van der Waals surface area contributed by atoms with Crippen LogP contribution in [0.4, 0.5) is 0 Å². The summed E-state index contributed by atoms with van der Waals surface area (Å²) in [5.41, 5.74) is 1.28. The van der Waals surface area contributed by atoms with E-state index in [1.165, 1.54) is 18.4 Å². The first-order chi connectivity index (χ1) is 9.54. The van der Waals surface area contributed by atoms with Crippen LogP contribution < -0.4 is 5.32 Å². The maximum atomic E-state index is 12.9. The Balaban J connectivity index is 1.72. The number of carbonyl (C=O) groups is 1. The van der Waals surface area contributed by atoms with E-state index in [0.29, 0.717) is 11.9 Å². The summed E-state index contributed by atoms with van der Waals surface area (Å²) in [6, 6.07) is 2.54. The maximum Gasteiger partial charge on any atom is 0.244 e. The molecule has 1 spiro atoms. The molecule has 4 rings (SSSR count). The number of rotatable bonds is 2. The summed E-state index contributed by atoms with van der Waals surface area (Å²) >= 11 is 1.71. The number of nitrogens with one attached hydrogen (secondary N) is 1. The fourth-order valence-corrected chi connectivity index (χ4v) is 4.74. The topological polar surface area (TPSA) is 32.3 Å². The van der Waals surface area contributed by atoms with Crippen LogP contribution in [-0.2, 0) is 4.79 Å². The van der Waals surface area contributed by atoms with Crippen molar-refractivity contribution in [1.82, 2.24) is 10.2 Å². The van der Waals surface area contributed by atoms with Crippen LogP contribution in [0.15, 0.2) is 16.8 Å². The molecule has 0 aromatic carbocycles. The first-order valence-electron chi connectivity index (χ1n) is 7.66. The second-order valence-corrected chi connectivity index (χ2v) is 8.07. The van der Waals surface area contributed by atoms with Crippen molar-refractivity contribution in [3.05, 3.63) is 22.4 Å². The van der Waals surface area contributed by atoms with Crippen LogP contribution in [-0.4, -0.2) is 22.4 Å². The Kier molecular flexibility index (Phi) is 2.62. The van der Waals surface area contributed by atoms with Crippen molar-refractivity contribution >= 4 is 17.2 Å². The molecule has 1 aromatic heterocycles. The van der Waals surface area contributed by atoms with Gasteiger partial charge in [-0.1, -0.05) is 20.3 Å². The number of amides is 1. The molecule has 1 aliphatic heterocycles. The Hall–Kier alpha value is -0.870. The lowest BCUT2D eigenvalue weighted by molar-refractivity contribution is -0.135. The molecule has 3 nitrogen and oxygen atoms in total. The third-order valence-electron chi connectivity index (χ3n) is 5.48. The summed E-state index contributed by atoms with van der Waals surface area (Å²) in [6.07, 6.45) is 5.73. The Labute approximate surface area is 124 Å². The molecule has 1 aromatic rings. The largest absolute Gasteiger partial charge is 0.318 e. The van der Waals surface area contributed by atoms with Gasteiger partial charge in [0, 0.05) is 6.04 Å². The van der Waals surface area contributed by atoms with Gasteiger partial charge in [-0.25, -0.2) is 0 Å². The standard InChI is InChI=1S/C16H22N2OS/c1-15(2)6-3-4-12(15)18-13(11-5-9-20-10-11)17-16(7-8-16)14(18)19/h5,9-10,12-13,17H,3-4,6-8H2,1-2H3. The number of thiophene rings is 1. The zero-order valence-corrected chi connectivity index (χ0v) is 13.0. The van der Waals surface area contributed by atoms with Crippen LogP contribution >= 0.6 is 11.3 Å². The summed E-state index contributed by atoms with van der Waals surface area (Å²) in [7, 11) is 0. The van der Waals surface area contributed by atoms with Crippen molar-refractivity contribution < 1.29 is 4.79 Å². The molecule has 3 fully saturated rings. The molecule has 2 atom stereocenters. The van der Waals surface area contributed by atoms with Gasteiger partial charge >= 0.3 is 0 Å². The second kappa shape index (κ2) is 4.08. The molecule has 2 aliphatic carbocycles. The highest BCUT2D eigenvalue weighted by Gasteiger charge is 2.62. The van der Waals surface area contributed by atoms with Crippen LogP contribution in [0.1, 0.15) is 57.7 Å². The number of hydrogen-bond acceptors (Lipinski definition) is 3. The fourth-order valence-electron chi connectivity index (χ4n) is 4.06. The van der Waals surface area contributed by atoms with Gasteiger partial charge in [-0.2, -0.15) is 11.3 Å². The molecule has 20 heavy (non-hydrogen) atoms. The predicted octanol–water partition coefficient (Wildman–Crippen LogP) is 3.29. The molecule has 108 valence electrons. The van der Waals surface area contributed by atoms with Crippen LogP contribution in [0.25, 0.3) is 0 Å². The van der Waals surface area contributed by atoms with Gasteiger partial charge in [-0.15, -0.1) is 0 Å². The highest BCUT2D eigenvalue weighted by molar-refractivity contribution is 7.08. The monoisotopic (exact) mass is 290 g/mol. The molecule has 0 radical (unpaired) electrons. The van der Waals surface area contributed by atoms with Gasteiger partial charge in [-0.3, -0.25) is 10.1 Å². The van der Waals surface area contributed by atoms with Crippen molar-refractivity contribution in [3.63, 3.8) is 0 Å². The summed E-state index contributed by atoms with van der Waals surface area (Å²) in [5, 5.41) is 7.93. The molecule has 2 saturated carbocycles. The Morgan fingerprint density at radius 2 is 2.15 bits per heavy atom. The van der Waals surface area contributed by atoms with Gasteiger partial charge in [0.05, 0.1) is 0 Å². The van der Waals surface area contributed by atoms with Gasteiger partial charge in [0.2, 0.25) is 5.91 Å². The third-order valence-corrected chi connectivity index (χ3v) is 6.18. The van der Waals surface area contributed by atoms with E-state index in [1.54, 1.807) is 11.3 Å². The SMILES string of the molecule is CC1(C)CCCC1N1C(=O)C2(CC2)NC1c1ccsc1. The van der Waals surface area contributed by atoms with E-state index in [-0.39, 0.29) is 17.1 Å². The summed E-state index contributed by atoms with van der Waals surface area (Å²) in [4.78, 5) is 15.1. The molecule has 1 saturated heterocycles.